The Balaban J connectivity index is 1.55. The molecule has 0 unspecified atom stereocenters. The maximum absolute atomic E-state index is 15.2. The minimum atomic E-state index is -5.60. The molecular weight excluding hydrogens is 563 g/mol. The van der Waals surface area contributed by atoms with E-state index in [0.29, 0.717) is 44.2 Å². The van der Waals surface area contributed by atoms with Gasteiger partial charge in [-0.3, -0.25) is 9.69 Å². The molecule has 1 aliphatic heterocycles. The first-order valence-corrected chi connectivity index (χ1v) is 14.3. The highest BCUT2D eigenvalue weighted by molar-refractivity contribution is 7.88. The monoisotopic (exact) mass is 590 g/mol. The fourth-order valence-electron chi connectivity index (χ4n) is 4.55. The maximum Gasteiger partial charge on any atom is 0.493 e. The molecule has 1 atom stereocenters. The number of sulfonamides is 1. The maximum atomic E-state index is 15.2. The van der Waals surface area contributed by atoms with E-state index in [-0.39, 0.29) is 23.6 Å². The predicted molar refractivity (Wildman–Crippen MR) is 132 cm³/mol. The van der Waals surface area contributed by atoms with Crippen LogP contribution in [0.3, 0.4) is 0 Å². The Bertz CT molecular complexity index is 1410. The summed E-state index contributed by atoms with van der Waals surface area (Å²) in [5, 5.41) is 0. The molecule has 2 aliphatic rings. The van der Waals surface area contributed by atoms with Crippen molar-refractivity contribution in [2.45, 2.75) is 57.3 Å². The zero-order valence-corrected chi connectivity index (χ0v) is 22.4. The van der Waals surface area contributed by atoms with Crippen LogP contribution in [0.15, 0.2) is 30.3 Å². The van der Waals surface area contributed by atoms with Gasteiger partial charge in [0, 0.05) is 19.2 Å². The second-order valence-corrected chi connectivity index (χ2v) is 11.8. The number of ether oxygens (including phenoxy) is 1. The highest BCUT2D eigenvalue weighted by Crippen LogP contribution is 2.46. The molecule has 0 radical (unpaired) electrons. The lowest BCUT2D eigenvalue weighted by atomic mass is 10.0. The Morgan fingerprint density at radius 3 is 2.40 bits per heavy atom. The van der Waals surface area contributed by atoms with E-state index in [0.717, 1.165) is 36.2 Å². The van der Waals surface area contributed by atoms with E-state index in [1.54, 1.807) is 6.07 Å². The van der Waals surface area contributed by atoms with Crippen molar-refractivity contribution in [2.75, 3.05) is 19.3 Å². The fourth-order valence-corrected chi connectivity index (χ4v) is 5.15. The Kier molecular flexibility index (Phi) is 8.41. The van der Waals surface area contributed by atoms with Crippen molar-refractivity contribution in [3.05, 3.63) is 64.2 Å². The summed E-state index contributed by atoms with van der Waals surface area (Å²) in [6.45, 7) is 3.63. The van der Waals surface area contributed by atoms with Gasteiger partial charge in [-0.2, -0.15) is 13.2 Å². The third-order valence-electron chi connectivity index (χ3n) is 6.67. The summed E-state index contributed by atoms with van der Waals surface area (Å²) in [7, 11) is -4.86. The number of alkyl halides is 3. The number of aryl methyl sites for hydroxylation is 1. The van der Waals surface area contributed by atoms with Gasteiger partial charge in [0.2, 0.25) is 0 Å². The second kappa shape index (κ2) is 11.3. The van der Waals surface area contributed by atoms with Crippen LogP contribution in [-0.2, 0) is 26.2 Å². The van der Waals surface area contributed by atoms with Crippen LogP contribution < -0.4 is 4.74 Å². The average Bonchev–Trinajstić information content (AvgIpc) is 3.68. The van der Waals surface area contributed by atoms with Gasteiger partial charge >= 0.3 is 18.1 Å². The van der Waals surface area contributed by atoms with Crippen molar-refractivity contribution >= 4 is 21.9 Å². The van der Waals surface area contributed by atoms with Gasteiger partial charge < -0.3 is 9.57 Å². The number of piperidine rings is 1. The molecule has 1 saturated carbocycles. The van der Waals surface area contributed by atoms with Gasteiger partial charge in [0.25, 0.3) is 10.0 Å². The number of rotatable bonds is 7. The van der Waals surface area contributed by atoms with Crippen molar-refractivity contribution in [3.63, 3.8) is 0 Å². The molecule has 2 fully saturated rings. The quantitative estimate of drug-likeness (QED) is 0.343. The molecule has 218 valence electrons. The predicted octanol–water partition coefficient (Wildman–Crippen LogP) is 4.62. The highest BCUT2D eigenvalue weighted by atomic mass is 32.2. The van der Waals surface area contributed by atoms with Crippen LogP contribution in [0.25, 0.3) is 0 Å². The molecular formula is C26H27F5N2O6S. The minimum Gasteiger partial charge on any atom is -0.489 e. The molecule has 1 heterocycles. The van der Waals surface area contributed by atoms with Gasteiger partial charge in [0.1, 0.15) is 23.5 Å². The summed E-state index contributed by atoms with van der Waals surface area (Å²) in [4.78, 5) is 30.0. The Morgan fingerprint density at radius 2 is 1.80 bits per heavy atom. The summed E-state index contributed by atoms with van der Waals surface area (Å²) in [5.74, 6) is -6.31. The molecule has 4 rings (SSSR count). The van der Waals surface area contributed by atoms with Crippen molar-refractivity contribution < 1.29 is 49.5 Å². The van der Waals surface area contributed by atoms with Crippen LogP contribution in [0, 0.1) is 18.6 Å². The lowest BCUT2D eigenvalue weighted by Gasteiger charge is -2.33. The zero-order valence-electron chi connectivity index (χ0n) is 21.6. The molecule has 0 spiro atoms. The van der Waals surface area contributed by atoms with E-state index in [1.165, 1.54) is 12.1 Å². The number of carbonyl (C=O) groups excluding carboxylic acids is 2. The molecule has 2 aromatic rings. The number of halogens is 5. The SMILES string of the molecule is Cc1cc(F)ccc1CN1CCC[C@@H](Oc2cc(F)c(C(=O)N(OC(=O)C(F)(F)F)S(C)(=O)=O)cc2C2CC2)C1. The number of hydrogen-bond donors (Lipinski definition) is 0. The van der Waals surface area contributed by atoms with Crippen molar-refractivity contribution in [1.29, 1.82) is 0 Å². The summed E-state index contributed by atoms with van der Waals surface area (Å²) < 4.78 is 95.9. The first kappa shape index (κ1) is 29.7. The van der Waals surface area contributed by atoms with Crippen LogP contribution in [0.1, 0.15) is 58.6 Å². The second-order valence-electron chi connectivity index (χ2n) is 10.0. The van der Waals surface area contributed by atoms with E-state index >= 15 is 4.39 Å². The smallest absolute Gasteiger partial charge is 0.489 e. The van der Waals surface area contributed by atoms with Gasteiger partial charge in [-0.05, 0) is 80.0 Å². The Labute approximate surface area is 227 Å². The van der Waals surface area contributed by atoms with Crippen LogP contribution in [0.5, 0.6) is 5.75 Å². The molecule has 1 amide bonds. The van der Waals surface area contributed by atoms with Crippen LogP contribution in [0.2, 0.25) is 0 Å². The van der Waals surface area contributed by atoms with E-state index < -0.39 is 43.9 Å². The third kappa shape index (κ3) is 7.08. The van der Waals surface area contributed by atoms with E-state index in [9.17, 15) is 35.6 Å². The van der Waals surface area contributed by atoms with E-state index in [4.69, 9.17) is 4.74 Å². The number of carbonyl (C=O) groups is 2. The molecule has 0 N–H and O–H groups in total. The summed E-state index contributed by atoms with van der Waals surface area (Å²) in [6, 6.07) is 6.50. The van der Waals surface area contributed by atoms with E-state index in [2.05, 4.69) is 9.74 Å². The van der Waals surface area contributed by atoms with Crippen LogP contribution in [-0.4, -0.2) is 61.3 Å². The lowest BCUT2D eigenvalue weighted by molar-refractivity contribution is -0.216. The molecule has 0 aromatic heterocycles. The molecule has 1 saturated heterocycles. The summed E-state index contributed by atoms with van der Waals surface area (Å²) in [6.07, 6.45) is -2.83. The topological polar surface area (TPSA) is 93.2 Å². The Morgan fingerprint density at radius 1 is 1.10 bits per heavy atom. The van der Waals surface area contributed by atoms with Gasteiger partial charge in [-0.1, -0.05) is 10.5 Å². The van der Waals surface area contributed by atoms with Crippen molar-refractivity contribution in [1.82, 2.24) is 9.37 Å². The van der Waals surface area contributed by atoms with Crippen LogP contribution in [0.4, 0.5) is 22.0 Å². The zero-order chi connectivity index (χ0) is 29.4. The first-order chi connectivity index (χ1) is 18.6. The molecule has 14 heteroatoms. The van der Waals surface area contributed by atoms with Gasteiger partial charge in [-0.15, -0.1) is 0 Å². The number of likely N-dealkylation sites (tertiary alicyclic amines) is 1. The van der Waals surface area contributed by atoms with Gasteiger partial charge in [0.05, 0.1) is 11.8 Å². The number of amides is 1. The summed E-state index contributed by atoms with van der Waals surface area (Å²) >= 11 is 0. The molecule has 2 aromatic carbocycles. The molecule has 40 heavy (non-hydrogen) atoms. The number of benzene rings is 2. The largest absolute Gasteiger partial charge is 0.493 e. The minimum absolute atomic E-state index is 0.131. The van der Waals surface area contributed by atoms with Crippen molar-refractivity contribution in [3.8, 4) is 5.75 Å². The van der Waals surface area contributed by atoms with Crippen LogP contribution >= 0.6 is 0 Å². The first-order valence-electron chi connectivity index (χ1n) is 12.4. The normalized spacial score (nSPS) is 18.3. The summed E-state index contributed by atoms with van der Waals surface area (Å²) in [5.41, 5.74) is 1.28. The van der Waals surface area contributed by atoms with E-state index in [1.807, 2.05) is 6.92 Å². The van der Waals surface area contributed by atoms with Crippen molar-refractivity contribution in [2.24, 2.45) is 0 Å². The average molecular weight is 591 g/mol. The Hall–Kier alpha value is -3.26. The third-order valence-corrected chi connectivity index (χ3v) is 7.51. The molecule has 1 aliphatic carbocycles. The number of hydrogen-bond acceptors (Lipinski definition) is 7. The van der Waals surface area contributed by atoms with Gasteiger partial charge in [0.15, 0.2) is 0 Å². The number of hydroxylamine groups is 1. The lowest BCUT2D eigenvalue weighted by Crippen LogP contribution is -2.42. The van der Waals surface area contributed by atoms with Gasteiger partial charge in [-0.25, -0.2) is 22.0 Å². The highest BCUT2D eigenvalue weighted by Gasteiger charge is 2.46. The number of nitrogens with zero attached hydrogens (tertiary/aromatic N) is 2. The molecule has 8 nitrogen and oxygen atoms in total. The fraction of sp³-hybridized carbons (Fsp3) is 0.462. The standard InChI is InChI=1S/C26H27F5N2O6S/c1-15-10-18(27)8-7-17(15)13-32-9-3-4-19(14-32)38-23-12-22(28)21(11-20(23)16-5-6-16)24(34)33(40(2,36)37)39-25(35)26(29,30)31/h7-8,10-12,16,19H,3-6,9,13-14H2,1-2H3/t19-/m1/s1. The molecule has 0 bridgehead atoms.